The van der Waals surface area contributed by atoms with Crippen molar-refractivity contribution in [2.24, 2.45) is 11.8 Å². The van der Waals surface area contributed by atoms with E-state index >= 15 is 0 Å². The van der Waals surface area contributed by atoms with Crippen LogP contribution in [0.5, 0.6) is 0 Å². The summed E-state index contributed by atoms with van der Waals surface area (Å²) in [5.74, 6) is 1.83. The first kappa shape index (κ1) is 11.0. The molecule has 0 spiro atoms. The first-order valence-electron chi connectivity index (χ1n) is 6.78. The molecule has 0 aliphatic heterocycles. The maximum Gasteiger partial charge on any atom is -0.0202 e. The molecule has 0 N–H and O–H groups in total. The standard InChI is InChI=1S/C15H24/c1-2-6-10-14(11-7-3-1)15-12-8-4-5-9-13-15/h2,6,8,12,14-15H,1,3-5,7,9-11,13H2/b6-2+. The Morgan fingerprint density at radius 1 is 0.733 bits per heavy atom. The Morgan fingerprint density at radius 3 is 2.47 bits per heavy atom. The van der Waals surface area contributed by atoms with Crippen molar-refractivity contribution in [3.63, 3.8) is 0 Å². The van der Waals surface area contributed by atoms with Crippen LogP contribution in [0.15, 0.2) is 24.3 Å². The van der Waals surface area contributed by atoms with Crippen LogP contribution in [0.4, 0.5) is 0 Å². The summed E-state index contributed by atoms with van der Waals surface area (Å²) in [6.45, 7) is 0. The van der Waals surface area contributed by atoms with Crippen molar-refractivity contribution in [3.05, 3.63) is 24.3 Å². The molecule has 0 amide bonds. The summed E-state index contributed by atoms with van der Waals surface area (Å²) in [7, 11) is 0. The molecule has 0 heterocycles. The van der Waals surface area contributed by atoms with E-state index in [1.807, 2.05) is 0 Å². The lowest BCUT2D eigenvalue weighted by atomic mass is 9.81. The SMILES string of the molecule is C1=CC(C2C/C=C/CCCC2)CCCC1. The van der Waals surface area contributed by atoms with Gasteiger partial charge in [-0.2, -0.15) is 0 Å². The highest BCUT2D eigenvalue weighted by Gasteiger charge is 2.19. The molecule has 0 radical (unpaired) electrons. The molecular weight excluding hydrogens is 180 g/mol. The minimum atomic E-state index is 0.884. The van der Waals surface area contributed by atoms with Gasteiger partial charge in [0, 0.05) is 0 Å². The van der Waals surface area contributed by atoms with E-state index in [4.69, 9.17) is 0 Å². The van der Waals surface area contributed by atoms with E-state index in [1.54, 1.807) is 0 Å². The average molecular weight is 204 g/mol. The molecule has 2 rings (SSSR count). The van der Waals surface area contributed by atoms with Crippen molar-refractivity contribution >= 4 is 0 Å². The number of rotatable bonds is 1. The fourth-order valence-corrected chi connectivity index (χ4v) is 2.97. The zero-order chi connectivity index (χ0) is 10.3. The lowest BCUT2D eigenvalue weighted by Crippen LogP contribution is -2.12. The quantitative estimate of drug-likeness (QED) is 0.535. The Balaban J connectivity index is 1.93. The third-order valence-electron chi connectivity index (χ3n) is 3.95. The fraction of sp³-hybridized carbons (Fsp3) is 0.733. The van der Waals surface area contributed by atoms with Crippen molar-refractivity contribution in [1.82, 2.24) is 0 Å². The number of hydrogen-bond acceptors (Lipinski definition) is 0. The lowest BCUT2D eigenvalue weighted by molar-refractivity contribution is 0.335. The lowest BCUT2D eigenvalue weighted by Gasteiger charge is -2.24. The minimum Gasteiger partial charge on any atom is -0.0885 e. The predicted molar refractivity (Wildman–Crippen MR) is 66.8 cm³/mol. The summed E-state index contributed by atoms with van der Waals surface area (Å²) in [6, 6.07) is 0. The highest BCUT2D eigenvalue weighted by Crippen LogP contribution is 2.31. The van der Waals surface area contributed by atoms with Crippen molar-refractivity contribution in [2.45, 2.75) is 57.8 Å². The summed E-state index contributed by atoms with van der Waals surface area (Å²) in [6.07, 6.45) is 22.3. The second-order valence-corrected chi connectivity index (χ2v) is 5.13. The molecule has 0 fully saturated rings. The Labute approximate surface area is 94.5 Å². The summed E-state index contributed by atoms with van der Waals surface area (Å²) >= 11 is 0. The smallest absolute Gasteiger partial charge is 0.0202 e. The van der Waals surface area contributed by atoms with E-state index in [-0.39, 0.29) is 0 Å². The molecule has 0 nitrogen and oxygen atoms in total. The van der Waals surface area contributed by atoms with Crippen molar-refractivity contribution in [2.75, 3.05) is 0 Å². The van der Waals surface area contributed by atoms with E-state index in [0.717, 1.165) is 11.8 Å². The molecule has 0 heteroatoms. The fourth-order valence-electron chi connectivity index (χ4n) is 2.97. The van der Waals surface area contributed by atoms with Gasteiger partial charge in [0.15, 0.2) is 0 Å². The molecule has 2 aliphatic rings. The highest BCUT2D eigenvalue weighted by molar-refractivity contribution is 4.97. The van der Waals surface area contributed by atoms with Crippen LogP contribution >= 0.6 is 0 Å². The normalized spacial score (nSPS) is 35.2. The molecule has 0 saturated heterocycles. The summed E-state index contributed by atoms with van der Waals surface area (Å²) in [4.78, 5) is 0. The van der Waals surface area contributed by atoms with Crippen LogP contribution in [0.25, 0.3) is 0 Å². The molecule has 0 aromatic carbocycles. The van der Waals surface area contributed by atoms with Gasteiger partial charge in [-0.3, -0.25) is 0 Å². The van der Waals surface area contributed by atoms with Gasteiger partial charge >= 0.3 is 0 Å². The second-order valence-electron chi connectivity index (χ2n) is 5.13. The molecule has 2 unspecified atom stereocenters. The van der Waals surface area contributed by atoms with Crippen LogP contribution in [0.3, 0.4) is 0 Å². The zero-order valence-corrected chi connectivity index (χ0v) is 9.83. The van der Waals surface area contributed by atoms with E-state index in [1.165, 1.54) is 57.8 Å². The Hall–Kier alpha value is -0.520. The number of hydrogen-bond donors (Lipinski definition) is 0. The summed E-state index contributed by atoms with van der Waals surface area (Å²) in [5.41, 5.74) is 0. The first-order valence-corrected chi connectivity index (χ1v) is 6.78. The van der Waals surface area contributed by atoms with Gasteiger partial charge in [0.2, 0.25) is 0 Å². The molecular formula is C15H24. The molecule has 15 heavy (non-hydrogen) atoms. The molecule has 84 valence electrons. The van der Waals surface area contributed by atoms with Crippen molar-refractivity contribution < 1.29 is 0 Å². The van der Waals surface area contributed by atoms with Crippen LogP contribution < -0.4 is 0 Å². The van der Waals surface area contributed by atoms with Gasteiger partial charge in [0.25, 0.3) is 0 Å². The second kappa shape index (κ2) is 6.15. The van der Waals surface area contributed by atoms with Crippen LogP contribution in [0, 0.1) is 11.8 Å². The van der Waals surface area contributed by atoms with Crippen LogP contribution in [-0.4, -0.2) is 0 Å². The Kier molecular flexibility index (Phi) is 4.50. The van der Waals surface area contributed by atoms with Gasteiger partial charge in [-0.1, -0.05) is 37.1 Å². The monoisotopic (exact) mass is 204 g/mol. The van der Waals surface area contributed by atoms with E-state index in [2.05, 4.69) is 24.3 Å². The van der Waals surface area contributed by atoms with E-state index < -0.39 is 0 Å². The minimum absolute atomic E-state index is 0.884. The maximum absolute atomic E-state index is 2.52. The van der Waals surface area contributed by atoms with Crippen LogP contribution in [0.1, 0.15) is 57.8 Å². The maximum atomic E-state index is 2.52. The van der Waals surface area contributed by atoms with Gasteiger partial charge in [-0.05, 0) is 56.8 Å². The van der Waals surface area contributed by atoms with Crippen molar-refractivity contribution in [3.8, 4) is 0 Å². The molecule has 0 aromatic rings. The summed E-state index contributed by atoms with van der Waals surface area (Å²) < 4.78 is 0. The molecule has 2 aliphatic carbocycles. The van der Waals surface area contributed by atoms with E-state index in [0.29, 0.717) is 0 Å². The Bertz CT molecular complexity index is 224. The molecule has 0 bridgehead atoms. The zero-order valence-electron chi connectivity index (χ0n) is 9.83. The van der Waals surface area contributed by atoms with Crippen LogP contribution in [0.2, 0.25) is 0 Å². The third-order valence-corrected chi connectivity index (χ3v) is 3.95. The predicted octanol–water partition coefficient (Wildman–Crippen LogP) is 4.87. The highest BCUT2D eigenvalue weighted by atomic mass is 14.2. The van der Waals surface area contributed by atoms with Gasteiger partial charge < -0.3 is 0 Å². The average Bonchev–Trinajstić information content (AvgIpc) is 2.45. The third kappa shape index (κ3) is 3.52. The van der Waals surface area contributed by atoms with Gasteiger partial charge in [0.05, 0.1) is 0 Å². The van der Waals surface area contributed by atoms with E-state index in [9.17, 15) is 0 Å². The molecule has 2 atom stereocenters. The Morgan fingerprint density at radius 2 is 1.53 bits per heavy atom. The summed E-state index contributed by atoms with van der Waals surface area (Å²) in [5, 5.41) is 0. The van der Waals surface area contributed by atoms with Crippen LogP contribution in [-0.2, 0) is 0 Å². The largest absolute Gasteiger partial charge is 0.0885 e. The van der Waals surface area contributed by atoms with Gasteiger partial charge in [0.1, 0.15) is 0 Å². The first-order chi connectivity index (χ1) is 7.47. The van der Waals surface area contributed by atoms with Gasteiger partial charge in [-0.15, -0.1) is 0 Å². The van der Waals surface area contributed by atoms with Gasteiger partial charge in [-0.25, -0.2) is 0 Å². The number of allylic oxidation sites excluding steroid dienone is 4. The molecule has 0 saturated carbocycles. The molecule has 0 aromatic heterocycles. The topological polar surface area (TPSA) is 0 Å². The van der Waals surface area contributed by atoms with Crippen molar-refractivity contribution in [1.29, 1.82) is 0 Å².